The first kappa shape index (κ1) is 15.9. The lowest BCUT2D eigenvalue weighted by Gasteiger charge is -2.28. The van der Waals surface area contributed by atoms with Gasteiger partial charge >= 0.3 is 5.97 Å². The van der Waals surface area contributed by atoms with Crippen molar-refractivity contribution in [2.45, 2.75) is 6.42 Å². The van der Waals surface area contributed by atoms with E-state index in [-0.39, 0.29) is 18.7 Å². The van der Waals surface area contributed by atoms with Crippen LogP contribution < -0.4 is 9.47 Å². The van der Waals surface area contributed by atoms with Crippen molar-refractivity contribution in [1.29, 1.82) is 0 Å². The van der Waals surface area contributed by atoms with Crippen LogP contribution in [0, 0.1) is 5.92 Å². The molecule has 1 aromatic carbocycles. The van der Waals surface area contributed by atoms with E-state index >= 15 is 0 Å². The number of hydrogen-bond donors (Lipinski definition) is 0. The smallest absolute Gasteiger partial charge is 0.314 e. The molecule has 1 unspecified atom stereocenters. The van der Waals surface area contributed by atoms with E-state index in [1.165, 1.54) is 7.11 Å². The standard InChI is InChI=1S/C15H21ClNO4/c1-17(2,3)8-11(15(18)19-4)5-10-6-13-14(7-12(10)16)21-9-20-13/h6-7,11H,5,8-9H2,1-4H3/q+1. The fourth-order valence-corrected chi connectivity index (χ4v) is 2.66. The Hall–Kier alpha value is -1.46. The summed E-state index contributed by atoms with van der Waals surface area (Å²) in [7, 11) is 7.53. The number of hydrogen-bond acceptors (Lipinski definition) is 4. The monoisotopic (exact) mass is 314 g/mol. The summed E-state index contributed by atoms with van der Waals surface area (Å²) in [5.74, 6) is 0.831. The first-order chi connectivity index (χ1) is 9.80. The van der Waals surface area contributed by atoms with E-state index < -0.39 is 0 Å². The highest BCUT2D eigenvalue weighted by Crippen LogP contribution is 2.37. The number of carbonyl (C=O) groups is 1. The first-order valence-corrected chi connectivity index (χ1v) is 7.14. The molecule has 0 radical (unpaired) electrons. The van der Waals surface area contributed by atoms with Crippen molar-refractivity contribution < 1.29 is 23.5 Å². The van der Waals surface area contributed by atoms with E-state index in [9.17, 15) is 4.79 Å². The van der Waals surface area contributed by atoms with Gasteiger partial charge in [-0.15, -0.1) is 0 Å². The molecule has 0 amide bonds. The molecule has 0 aliphatic carbocycles. The minimum Gasteiger partial charge on any atom is -0.469 e. The third-order valence-electron chi connectivity index (χ3n) is 3.31. The molecule has 1 atom stereocenters. The maximum Gasteiger partial charge on any atom is 0.314 e. The topological polar surface area (TPSA) is 44.8 Å². The average Bonchev–Trinajstić information content (AvgIpc) is 2.82. The van der Waals surface area contributed by atoms with Crippen LogP contribution in [0.25, 0.3) is 0 Å². The summed E-state index contributed by atoms with van der Waals surface area (Å²) >= 11 is 6.28. The molecule has 1 aliphatic heterocycles. The Balaban J connectivity index is 2.22. The third-order valence-corrected chi connectivity index (χ3v) is 3.66. The molecule has 1 aliphatic rings. The lowest BCUT2D eigenvalue weighted by atomic mass is 9.98. The largest absolute Gasteiger partial charge is 0.469 e. The molecular formula is C15H21ClNO4+. The Bertz CT molecular complexity index is 539. The Kier molecular flexibility index (Phi) is 4.64. The maximum absolute atomic E-state index is 12.0. The summed E-state index contributed by atoms with van der Waals surface area (Å²) in [5.41, 5.74) is 0.866. The van der Waals surface area contributed by atoms with Crippen LogP contribution in [0.5, 0.6) is 11.5 Å². The van der Waals surface area contributed by atoms with Gasteiger partial charge in [0.2, 0.25) is 6.79 Å². The second-order valence-electron chi connectivity index (χ2n) is 6.19. The Morgan fingerprint density at radius 1 is 1.33 bits per heavy atom. The molecule has 0 spiro atoms. The molecule has 0 fully saturated rings. The van der Waals surface area contributed by atoms with Crippen LogP contribution in [0.1, 0.15) is 5.56 Å². The van der Waals surface area contributed by atoms with Crippen LogP contribution in [0.4, 0.5) is 0 Å². The van der Waals surface area contributed by atoms with Gasteiger partial charge in [-0.25, -0.2) is 0 Å². The highest BCUT2D eigenvalue weighted by Gasteiger charge is 2.28. The highest BCUT2D eigenvalue weighted by atomic mass is 35.5. The molecule has 116 valence electrons. The molecule has 5 nitrogen and oxygen atoms in total. The van der Waals surface area contributed by atoms with Gasteiger partial charge in [0.15, 0.2) is 11.5 Å². The maximum atomic E-state index is 12.0. The van der Waals surface area contributed by atoms with Crippen molar-refractivity contribution in [1.82, 2.24) is 0 Å². The zero-order valence-electron chi connectivity index (χ0n) is 12.8. The average molecular weight is 315 g/mol. The quantitative estimate of drug-likeness (QED) is 0.617. The summed E-state index contributed by atoms with van der Waals surface area (Å²) in [6, 6.07) is 3.58. The number of nitrogens with zero attached hydrogens (tertiary/aromatic N) is 1. The normalized spacial score (nSPS) is 14.9. The lowest BCUT2D eigenvalue weighted by Crippen LogP contribution is -2.42. The number of rotatable bonds is 5. The van der Waals surface area contributed by atoms with Crippen molar-refractivity contribution in [3.8, 4) is 11.5 Å². The van der Waals surface area contributed by atoms with Gasteiger partial charge in [-0.05, 0) is 18.1 Å². The van der Waals surface area contributed by atoms with Gasteiger partial charge in [0.1, 0.15) is 5.92 Å². The number of benzene rings is 1. The molecule has 0 saturated heterocycles. The number of fused-ring (bicyclic) bond motifs is 1. The zero-order chi connectivity index (χ0) is 15.6. The van der Waals surface area contributed by atoms with E-state index in [0.717, 1.165) is 5.56 Å². The fourth-order valence-electron chi connectivity index (χ4n) is 2.43. The predicted molar refractivity (Wildman–Crippen MR) is 79.7 cm³/mol. The number of carbonyl (C=O) groups excluding carboxylic acids is 1. The van der Waals surface area contributed by atoms with E-state index in [0.29, 0.717) is 34.0 Å². The van der Waals surface area contributed by atoms with E-state index in [2.05, 4.69) is 0 Å². The van der Waals surface area contributed by atoms with E-state index in [1.807, 2.05) is 27.2 Å². The number of esters is 1. The van der Waals surface area contributed by atoms with Crippen LogP contribution >= 0.6 is 11.6 Å². The second kappa shape index (κ2) is 6.12. The fraction of sp³-hybridized carbons (Fsp3) is 0.533. The van der Waals surface area contributed by atoms with Crippen molar-refractivity contribution in [2.24, 2.45) is 5.92 Å². The summed E-state index contributed by atoms with van der Waals surface area (Å²) in [5, 5.41) is 0.578. The molecular weight excluding hydrogens is 294 g/mol. The Labute approximate surface area is 129 Å². The molecule has 0 N–H and O–H groups in total. The summed E-state index contributed by atoms with van der Waals surface area (Å²) in [6.07, 6.45) is 0.512. The first-order valence-electron chi connectivity index (χ1n) is 6.76. The highest BCUT2D eigenvalue weighted by molar-refractivity contribution is 6.31. The van der Waals surface area contributed by atoms with Crippen LogP contribution in [0.2, 0.25) is 5.02 Å². The molecule has 2 rings (SSSR count). The van der Waals surface area contributed by atoms with Crippen molar-refractivity contribution in [3.05, 3.63) is 22.7 Å². The van der Waals surface area contributed by atoms with E-state index in [4.69, 9.17) is 25.8 Å². The minimum atomic E-state index is -0.257. The molecule has 1 aromatic rings. The van der Waals surface area contributed by atoms with Gasteiger partial charge < -0.3 is 18.7 Å². The van der Waals surface area contributed by atoms with Crippen LogP contribution in [-0.2, 0) is 16.0 Å². The molecule has 0 bridgehead atoms. The van der Waals surface area contributed by atoms with Crippen molar-refractivity contribution in [2.75, 3.05) is 41.6 Å². The Morgan fingerprint density at radius 2 is 1.95 bits per heavy atom. The predicted octanol–water partition coefficient (Wildman–Crippen LogP) is 2.11. The van der Waals surface area contributed by atoms with Gasteiger partial charge in [-0.3, -0.25) is 4.79 Å². The van der Waals surface area contributed by atoms with Crippen molar-refractivity contribution >= 4 is 17.6 Å². The number of quaternary nitrogens is 1. The van der Waals surface area contributed by atoms with Crippen LogP contribution in [0.3, 0.4) is 0 Å². The Morgan fingerprint density at radius 3 is 2.52 bits per heavy atom. The summed E-state index contributed by atoms with van der Waals surface area (Å²) in [4.78, 5) is 12.0. The number of ether oxygens (including phenoxy) is 3. The van der Waals surface area contributed by atoms with Gasteiger partial charge in [0.25, 0.3) is 0 Å². The van der Waals surface area contributed by atoms with Gasteiger partial charge in [0.05, 0.1) is 34.8 Å². The zero-order valence-corrected chi connectivity index (χ0v) is 13.6. The number of methoxy groups -OCH3 is 1. The van der Waals surface area contributed by atoms with Crippen LogP contribution in [0.15, 0.2) is 12.1 Å². The molecule has 1 heterocycles. The van der Waals surface area contributed by atoms with Gasteiger partial charge in [-0.2, -0.15) is 0 Å². The molecule has 21 heavy (non-hydrogen) atoms. The second-order valence-corrected chi connectivity index (χ2v) is 6.60. The number of halogens is 1. The van der Waals surface area contributed by atoms with Crippen molar-refractivity contribution in [3.63, 3.8) is 0 Å². The molecule has 6 heteroatoms. The summed E-state index contributed by atoms with van der Waals surface area (Å²) < 4.78 is 16.2. The third kappa shape index (κ3) is 4.02. The molecule has 0 aromatic heterocycles. The summed E-state index contributed by atoms with van der Waals surface area (Å²) in [6.45, 7) is 0.867. The van der Waals surface area contributed by atoms with E-state index in [1.54, 1.807) is 6.07 Å². The SMILES string of the molecule is COC(=O)C(Cc1cc2c(cc1Cl)OCO2)C[N+](C)(C)C. The van der Waals surface area contributed by atoms with Gasteiger partial charge in [0, 0.05) is 11.1 Å². The molecule has 0 saturated carbocycles. The van der Waals surface area contributed by atoms with Gasteiger partial charge in [-0.1, -0.05) is 11.6 Å². The minimum absolute atomic E-state index is 0.203. The van der Waals surface area contributed by atoms with Crippen LogP contribution in [-0.4, -0.2) is 52.0 Å². The lowest BCUT2D eigenvalue weighted by molar-refractivity contribution is -0.872.